The molecular formula is C13H13N5O. The van der Waals surface area contributed by atoms with Crippen molar-refractivity contribution in [3.8, 4) is 0 Å². The van der Waals surface area contributed by atoms with Gasteiger partial charge in [-0.15, -0.1) is 0 Å². The van der Waals surface area contributed by atoms with Crippen molar-refractivity contribution in [2.75, 3.05) is 5.32 Å². The number of nitrogens with zero attached hydrogens (tertiary/aromatic N) is 2. The summed E-state index contributed by atoms with van der Waals surface area (Å²) >= 11 is 0. The van der Waals surface area contributed by atoms with Crippen LogP contribution < -0.4 is 16.6 Å². The first-order chi connectivity index (χ1) is 9.29. The molecule has 0 fully saturated rings. The van der Waals surface area contributed by atoms with Crippen LogP contribution in [0.15, 0.2) is 53.7 Å². The molecule has 19 heavy (non-hydrogen) atoms. The molecule has 0 atom stereocenters. The molecule has 1 aromatic carbocycles. The Labute approximate surface area is 110 Å². The van der Waals surface area contributed by atoms with Crippen LogP contribution in [0.4, 0.5) is 11.5 Å². The van der Waals surface area contributed by atoms with Gasteiger partial charge in [-0.05, 0) is 36.4 Å². The topological polar surface area (TPSA) is 92.4 Å². The Balaban J connectivity index is 2.05. The zero-order valence-electron chi connectivity index (χ0n) is 10.1. The van der Waals surface area contributed by atoms with E-state index in [4.69, 9.17) is 5.84 Å². The summed E-state index contributed by atoms with van der Waals surface area (Å²) in [7, 11) is 0. The number of hydrazine groups is 1. The largest absolute Gasteiger partial charge is 0.315 e. The number of nitrogens with one attached hydrogen (secondary N) is 2. The van der Waals surface area contributed by atoms with Gasteiger partial charge < -0.3 is 10.7 Å². The highest BCUT2D eigenvalue weighted by molar-refractivity contribution is 6.03. The predicted molar refractivity (Wildman–Crippen MR) is 74.1 cm³/mol. The predicted octanol–water partition coefficient (Wildman–Crippen LogP) is 1.46. The second-order valence-electron chi connectivity index (χ2n) is 3.64. The Hall–Kier alpha value is -2.73. The Kier molecular flexibility index (Phi) is 4.20. The third-order valence-electron chi connectivity index (χ3n) is 2.32. The van der Waals surface area contributed by atoms with Crippen LogP contribution >= 0.6 is 0 Å². The van der Waals surface area contributed by atoms with E-state index in [-0.39, 0.29) is 5.91 Å². The van der Waals surface area contributed by atoms with Gasteiger partial charge in [0.2, 0.25) is 0 Å². The normalized spacial score (nSPS) is 10.4. The van der Waals surface area contributed by atoms with Crippen LogP contribution in [0.1, 0.15) is 10.4 Å². The lowest BCUT2D eigenvalue weighted by atomic mass is 10.2. The van der Waals surface area contributed by atoms with E-state index in [1.54, 1.807) is 48.7 Å². The highest BCUT2D eigenvalue weighted by atomic mass is 16.1. The summed E-state index contributed by atoms with van der Waals surface area (Å²) in [6.45, 7) is 0. The minimum atomic E-state index is -0.217. The average Bonchev–Trinajstić information content (AvgIpc) is 2.46. The molecule has 1 amide bonds. The van der Waals surface area contributed by atoms with E-state index in [0.717, 1.165) is 0 Å². The summed E-state index contributed by atoms with van der Waals surface area (Å²) in [6, 6.07) is 12.1. The first-order valence-corrected chi connectivity index (χ1v) is 5.61. The van der Waals surface area contributed by atoms with Crippen LogP contribution in [-0.2, 0) is 0 Å². The summed E-state index contributed by atoms with van der Waals surface area (Å²) in [5.41, 5.74) is 3.54. The lowest BCUT2D eigenvalue weighted by Gasteiger charge is -2.04. The third kappa shape index (κ3) is 3.62. The maximum absolute atomic E-state index is 11.9. The molecule has 2 aromatic rings. The van der Waals surface area contributed by atoms with Gasteiger partial charge >= 0.3 is 0 Å². The van der Waals surface area contributed by atoms with E-state index >= 15 is 0 Å². The molecule has 0 aliphatic heterocycles. The number of rotatable bonds is 4. The van der Waals surface area contributed by atoms with Crippen LogP contribution in [0.2, 0.25) is 0 Å². The van der Waals surface area contributed by atoms with Gasteiger partial charge in [0.05, 0.1) is 5.69 Å². The second-order valence-corrected chi connectivity index (χ2v) is 3.64. The van der Waals surface area contributed by atoms with Gasteiger partial charge in [0.1, 0.15) is 12.2 Å². The number of pyridine rings is 1. The maximum atomic E-state index is 11.9. The number of carbonyl (C=O) groups excluding carboxylic acids is 1. The first kappa shape index (κ1) is 12.7. The fourth-order valence-electron chi connectivity index (χ4n) is 1.44. The van der Waals surface area contributed by atoms with E-state index in [2.05, 4.69) is 20.7 Å². The number of hydrogen-bond donors (Lipinski definition) is 3. The molecule has 0 saturated heterocycles. The first-order valence-electron chi connectivity index (χ1n) is 5.61. The minimum Gasteiger partial charge on any atom is -0.315 e. The summed E-state index contributed by atoms with van der Waals surface area (Å²) < 4.78 is 0. The van der Waals surface area contributed by atoms with Crippen molar-refractivity contribution in [1.29, 1.82) is 0 Å². The molecule has 0 aliphatic carbocycles. The van der Waals surface area contributed by atoms with E-state index in [0.29, 0.717) is 17.1 Å². The molecule has 96 valence electrons. The molecule has 0 saturated carbocycles. The zero-order valence-corrected chi connectivity index (χ0v) is 10.1. The molecule has 1 heterocycles. The van der Waals surface area contributed by atoms with E-state index in [9.17, 15) is 4.79 Å². The molecule has 0 unspecified atom stereocenters. The number of amides is 1. The summed E-state index contributed by atoms with van der Waals surface area (Å²) in [5.74, 6) is 5.37. The van der Waals surface area contributed by atoms with Gasteiger partial charge in [0.15, 0.2) is 0 Å². The number of anilines is 1. The maximum Gasteiger partial charge on any atom is 0.256 e. The smallest absolute Gasteiger partial charge is 0.256 e. The van der Waals surface area contributed by atoms with Gasteiger partial charge in [-0.25, -0.2) is 15.8 Å². The van der Waals surface area contributed by atoms with Crippen LogP contribution in [-0.4, -0.2) is 17.2 Å². The molecule has 0 radical (unpaired) electrons. The SMILES string of the molecule is NNC=Nc1ccc(C(=O)Nc2ccccn2)cc1. The van der Waals surface area contributed by atoms with Crippen molar-refractivity contribution in [3.63, 3.8) is 0 Å². The van der Waals surface area contributed by atoms with E-state index in [1.165, 1.54) is 6.34 Å². The van der Waals surface area contributed by atoms with Gasteiger partial charge in [0.25, 0.3) is 5.91 Å². The van der Waals surface area contributed by atoms with Crippen molar-refractivity contribution < 1.29 is 4.79 Å². The second kappa shape index (κ2) is 6.27. The lowest BCUT2D eigenvalue weighted by molar-refractivity contribution is 0.102. The molecule has 0 spiro atoms. The van der Waals surface area contributed by atoms with Crippen molar-refractivity contribution in [1.82, 2.24) is 10.4 Å². The summed E-state index contributed by atoms with van der Waals surface area (Å²) in [5, 5.41) is 2.70. The average molecular weight is 255 g/mol. The Morgan fingerprint density at radius 2 is 2.00 bits per heavy atom. The van der Waals surface area contributed by atoms with Crippen LogP contribution in [0.3, 0.4) is 0 Å². The number of benzene rings is 1. The van der Waals surface area contributed by atoms with Gasteiger partial charge in [-0.3, -0.25) is 4.79 Å². The molecule has 2 rings (SSSR count). The molecule has 4 N–H and O–H groups in total. The van der Waals surface area contributed by atoms with Gasteiger partial charge in [-0.2, -0.15) is 0 Å². The van der Waals surface area contributed by atoms with Crippen molar-refractivity contribution in [2.45, 2.75) is 0 Å². The zero-order chi connectivity index (χ0) is 13.5. The number of aliphatic imine (C=N–C) groups is 1. The van der Waals surface area contributed by atoms with Crippen molar-refractivity contribution >= 4 is 23.8 Å². The lowest BCUT2D eigenvalue weighted by Crippen LogP contribution is -2.18. The fraction of sp³-hybridized carbons (Fsp3) is 0. The Morgan fingerprint density at radius 3 is 2.63 bits per heavy atom. The molecular weight excluding hydrogens is 242 g/mol. The Bertz CT molecular complexity index is 565. The minimum absolute atomic E-state index is 0.217. The van der Waals surface area contributed by atoms with Crippen molar-refractivity contribution in [3.05, 3.63) is 54.2 Å². The standard InChI is InChI=1S/C13H13N5O/c14-17-9-16-11-6-4-10(5-7-11)13(19)18-12-3-1-2-8-15-12/h1-9H,14H2,(H,16,17)(H,15,18,19). The van der Waals surface area contributed by atoms with Crippen molar-refractivity contribution in [2.24, 2.45) is 10.8 Å². The van der Waals surface area contributed by atoms with E-state index < -0.39 is 0 Å². The summed E-state index contributed by atoms with van der Waals surface area (Å²) in [6.07, 6.45) is 2.98. The molecule has 0 bridgehead atoms. The number of aromatic nitrogens is 1. The summed E-state index contributed by atoms with van der Waals surface area (Å²) in [4.78, 5) is 19.9. The van der Waals surface area contributed by atoms with E-state index in [1.807, 2.05) is 0 Å². The van der Waals surface area contributed by atoms with Crippen LogP contribution in [0.25, 0.3) is 0 Å². The molecule has 6 heteroatoms. The Morgan fingerprint density at radius 1 is 1.21 bits per heavy atom. The molecule has 1 aromatic heterocycles. The molecule has 6 nitrogen and oxygen atoms in total. The molecule has 0 aliphatic rings. The number of carbonyl (C=O) groups is 1. The number of nitrogens with two attached hydrogens (primary N) is 1. The highest BCUT2D eigenvalue weighted by Gasteiger charge is 2.05. The van der Waals surface area contributed by atoms with Crippen LogP contribution in [0.5, 0.6) is 0 Å². The van der Waals surface area contributed by atoms with Crippen LogP contribution in [0, 0.1) is 0 Å². The fourth-order valence-corrected chi connectivity index (χ4v) is 1.44. The van der Waals surface area contributed by atoms with Gasteiger partial charge in [0, 0.05) is 11.8 Å². The number of hydrogen-bond acceptors (Lipinski definition) is 4. The monoisotopic (exact) mass is 255 g/mol. The van der Waals surface area contributed by atoms with Gasteiger partial charge in [-0.1, -0.05) is 6.07 Å². The quantitative estimate of drug-likeness (QED) is 0.334. The highest BCUT2D eigenvalue weighted by Crippen LogP contribution is 2.13. The third-order valence-corrected chi connectivity index (χ3v) is 2.32.